The highest BCUT2D eigenvalue weighted by molar-refractivity contribution is 7.17. The second-order valence-corrected chi connectivity index (χ2v) is 7.51. The number of carbonyl (C=O) groups is 2. The number of urea groups is 1. The van der Waals surface area contributed by atoms with E-state index >= 15 is 0 Å². The number of carbonyl (C=O) groups excluding carboxylic acids is 2. The van der Waals surface area contributed by atoms with Crippen molar-refractivity contribution in [2.45, 2.75) is 63.5 Å². The molecule has 1 atom stereocenters. The van der Waals surface area contributed by atoms with Crippen LogP contribution in [-0.2, 0) is 12.8 Å². The lowest BCUT2D eigenvalue weighted by Gasteiger charge is -2.22. The first kappa shape index (κ1) is 16.3. The maximum atomic E-state index is 12.2. The van der Waals surface area contributed by atoms with Gasteiger partial charge in [-0.15, -0.1) is 11.3 Å². The van der Waals surface area contributed by atoms with E-state index < -0.39 is 5.91 Å². The Bertz CT molecular complexity index is 608. The molecule has 0 aromatic carbocycles. The molecule has 1 heterocycles. The lowest BCUT2D eigenvalue weighted by molar-refractivity contribution is 0.0999. The van der Waals surface area contributed by atoms with Gasteiger partial charge in [0.15, 0.2) is 0 Å². The molecule has 1 aromatic rings. The SMILES string of the molecule is NC(=O)c1c(NC(=O)NC2CCCCC2)sc2c1CCC(O)C2. The minimum absolute atomic E-state index is 0.206. The minimum Gasteiger partial charge on any atom is -0.393 e. The van der Waals surface area contributed by atoms with E-state index in [1.807, 2.05) is 0 Å². The van der Waals surface area contributed by atoms with Crippen LogP contribution in [0.25, 0.3) is 0 Å². The van der Waals surface area contributed by atoms with E-state index in [-0.39, 0.29) is 18.2 Å². The largest absolute Gasteiger partial charge is 0.393 e. The Hall–Kier alpha value is -1.60. The zero-order chi connectivity index (χ0) is 16.4. The van der Waals surface area contributed by atoms with Crippen LogP contribution in [0.4, 0.5) is 9.80 Å². The molecule has 0 spiro atoms. The number of amides is 3. The predicted octanol–water partition coefficient (Wildman–Crippen LogP) is 2.15. The maximum Gasteiger partial charge on any atom is 0.320 e. The van der Waals surface area contributed by atoms with Crippen molar-refractivity contribution in [3.63, 3.8) is 0 Å². The van der Waals surface area contributed by atoms with Gasteiger partial charge < -0.3 is 16.2 Å². The molecule has 1 unspecified atom stereocenters. The highest BCUT2D eigenvalue weighted by Crippen LogP contribution is 2.38. The summed E-state index contributed by atoms with van der Waals surface area (Å²) < 4.78 is 0. The van der Waals surface area contributed by atoms with Gasteiger partial charge in [0, 0.05) is 17.3 Å². The number of nitrogens with one attached hydrogen (secondary N) is 2. The summed E-state index contributed by atoms with van der Waals surface area (Å²) >= 11 is 1.35. The Labute approximate surface area is 139 Å². The van der Waals surface area contributed by atoms with Gasteiger partial charge in [0.1, 0.15) is 5.00 Å². The third-order valence-corrected chi connectivity index (χ3v) is 5.82. The van der Waals surface area contributed by atoms with Gasteiger partial charge in [0.2, 0.25) is 0 Å². The smallest absolute Gasteiger partial charge is 0.320 e. The van der Waals surface area contributed by atoms with Crippen molar-refractivity contribution in [3.8, 4) is 0 Å². The van der Waals surface area contributed by atoms with Crippen LogP contribution in [0.2, 0.25) is 0 Å². The summed E-state index contributed by atoms with van der Waals surface area (Å²) in [6.07, 6.45) is 6.90. The van der Waals surface area contributed by atoms with Gasteiger partial charge in [-0.05, 0) is 31.2 Å². The van der Waals surface area contributed by atoms with Gasteiger partial charge in [0.05, 0.1) is 11.7 Å². The van der Waals surface area contributed by atoms with Crippen LogP contribution in [0, 0.1) is 0 Å². The number of anilines is 1. The molecule has 1 aromatic heterocycles. The number of primary amides is 1. The van der Waals surface area contributed by atoms with E-state index in [0.29, 0.717) is 29.8 Å². The zero-order valence-corrected chi connectivity index (χ0v) is 13.9. The van der Waals surface area contributed by atoms with E-state index in [4.69, 9.17) is 5.73 Å². The van der Waals surface area contributed by atoms with Crippen molar-refractivity contribution in [1.29, 1.82) is 0 Å². The lowest BCUT2D eigenvalue weighted by Crippen LogP contribution is -2.39. The summed E-state index contributed by atoms with van der Waals surface area (Å²) in [5, 5.41) is 16.1. The number of hydrogen-bond donors (Lipinski definition) is 4. The molecular weight excluding hydrogens is 314 g/mol. The first-order valence-corrected chi connectivity index (χ1v) is 9.06. The molecule has 3 amide bonds. The molecule has 23 heavy (non-hydrogen) atoms. The third kappa shape index (κ3) is 3.67. The van der Waals surface area contributed by atoms with E-state index in [1.165, 1.54) is 17.8 Å². The fraction of sp³-hybridized carbons (Fsp3) is 0.625. The van der Waals surface area contributed by atoms with E-state index in [0.717, 1.165) is 36.1 Å². The van der Waals surface area contributed by atoms with E-state index in [9.17, 15) is 14.7 Å². The van der Waals surface area contributed by atoms with Crippen molar-refractivity contribution in [2.24, 2.45) is 5.73 Å². The highest BCUT2D eigenvalue weighted by Gasteiger charge is 2.28. The molecule has 2 aliphatic rings. The maximum absolute atomic E-state index is 12.2. The number of aliphatic hydroxyl groups is 1. The average Bonchev–Trinajstić information content (AvgIpc) is 2.84. The molecule has 6 nitrogen and oxygen atoms in total. The number of aliphatic hydroxyl groups excluding tert-OH is 1. The molecule has 0 aliphatic heterocycles. The summed E-state index contributed by atoms with van der Waals surface area (Å²) in [7, 11) is 0. The van der Waals surface area contributed by atoms with E-state index in [1.54, 1.807) is 0 Å². The molecular formula is C16H23N3O3S. The topological polar surface area (TPSA) is 104 Å². The van der Waals surface area contributed by atoms with Gasteiger partial charge in [-0.1, -0.05) is 19.3 Å². The van der Waals surface area contributed by atoms with Crippen molar-refractivity contribution in [3.05, 3.63) is 16.0 Å². The molecule has 126 valence electrons. The van der Waals surface area contributed by atoms with Gasteiger partial charge in [-0.2, -0.15) is 0 Å². The van der Waals surface area contributed by atoms with Crippen LogP contribution in [0.15, 0.2) is 0 Å². The molecule has 0 bridgehead atoms. The molecule has 1 saturated carbocycles. The van der Waals surface area contributed by atoms with E-state index in [2.05, 4.69) is 10.6 Å². The van der Waals surface area contributed by atoms with Crippen molar-refractivity contribution in [1.82, 2.24) is 5.32 Å². The quantitative estimate of drug-likeness (QED) is 0.679. The second kappa shape index (κ2) is 6.88. The normalized spacial score (nSPS) is 21.5. The standard InChI is InChI=1S/C16H23N3O3S/c17-14(21)13-11-7-6-10(20)8-12(11)23-15(13)19-16(22)18-9-4-2-1-3-5-9/h9-10,20H,1-8H2,(H2,17,21)(H2,18,19,22). The summed E-state index contributed by atoms with van der Waals surface area (Å²) in [6, 6.07) is -0.0734. The Balaban J connectivity index is 1.74. The number of nitrogens with two attached hydrogens (primary N) is 1. The van der Waals surface area contributed by atoms with Crippen LogP contribution in [-0.4, -0.2) is 29.2 Å². The molecule has 7 heteroatoms. The van der Waals surface area contributed by atoms with Gasteiger partial charge >= 0.3 is 6.03 Å². The molecule has 0 saturated heterocycles. The van der Waals surface area contributed by atoms with Crippen molar-refractivity contribution in [2.75, 3.05) is 5.32 Å². The minimum atomic E-state index is -0.521. The summed E-state index contributed by atoms with van der Waals surface area (Å²) in [4.78, 5) is 25.0. The zero-order valence-electron chi connectivity index (χ0n) is 13.1. The Morgan fingerprint density at radius 3 is 2.61 bits per heavy atom. The Morgan fingerprint density at radius 1 is 1.17 bits per heavy atom. The van der Waals surface area contributed by atoms with Crippen LogP contribution >= 0.6 is 11.3 Å². The Morgan fingerprint density at radius 2 is 1.91 bits per heavy atom. The second-order valence-electron chi connectivity index (χ2n) is 6.40. The summed E-state index contributed by atoms with van der Waals surface area (Å²) in [5.41, 5.74) is 6.81. The monoisotopic (exact) mass is 337 g/mol. The summed E-state index contributed by atoms with van der Waals surface area (Å²) in [6.45, 7) is 0. The van der Waals surface area contributed by atoms with Crippen molar-refractivity contribution >= 4 is 28.3 Å². The molecule has 3 rings (SSSR count). The third-order valence-electron chi connectivity index (χ3n) is 4.65. The summed E-state index contributed by atoms with van der Waals surface area (Å²) in [5.74, 6) is -0.521. The average molecular weight is 337 g/mol. The van der Waals surface area contributed by atoms with Gasteiger partial charge in [-0.3, -0.25) is 10.1 Å². The fourth-order valence-corrected chi connectivity index (χ4v) is 4.81. The Kier molecular flexibility index (Phi) is 4.87. The van der Waals surface area contributed by atoms with Gasteiger partial charge in [0.25, 0.3) is 5.91 Å². The van der Waals surface area contributed by atoms with Crippen LogP contribution in [0.1, 0.15) is 59.3 Å². The number of rotatable bonds is 3. The molecule has 1 fully saturated rings. The highest BCUT2D eigenvalue weighted by atomic mass is 32.1. The van der Waals surface area contributed by atoms with Crippen LogP contribution < -0.4 is 16.4 Å². The van der Waals surface area contributed by atoms with Crippen LogP contribution in [0.3, 0.4) is 0 Å². The fourth-order valence-electron chi connectivity index (χ4n) is 3.49. The van der Waals surface area contributed by atoms with Crippen LogP contribution in [0.5, 0.6) is 0 Å². The van der Waals surface area contributed by atoms with Gasteiger partial charge in [-0.25, -0.2) is 4.79 Å². The molecule has 0 radical (unpaired) electrons. The predicted molar refractivity (Wildman–Crippen MR) is 89.9 cm³/mol. The molecule has 2 aliphatic carbocycles. The molecule has 5 N–H and O–H groups in total. The first-order chi connectivity index (χ1) is 11.0. The first-order valence-electron chi connectivity index (χ1n) is 8.24. The number of fused-ring (bicyclic) bond motifs is 1. The van der Waals surface area contributed by atoms with Crippen molar-refractivity contribution < 1.29 is 14.7 Å². The number of hydrogen-bond acceptors (Lipinski definition) is 4. The number of thiophene rings is 1. The lowest BCUT2D eigenvalue weighted by atomic mass is 9.93.